The van der Waals surface area contributed by atoms with Crippen molar-refractivity contribution in [2.24, 2.45) is 23.2 Å². The number of benzene rings is 1. The molecule has 0 radical (unpaired) electrons. The molecule has 4 aliphatic carbocycles. The number of nitrogens with one attached hydrogen (secondary N) is 2. The van der Waals surface area contributed by atoms with Crippen LogP contribution in [0.5, 0.6) is 0 Å². The van der Waals surface area contributed by atoms with Crippen LogP contribution in [-0.2, 0) is 17.8 Å². The van der Waals surface area contributed by atoms with Crippen molar-refractivity contribution in [3.05, 3.63) is 55.9 Å². The van der Waals surface area contributed by atoms with Crippen LogP contribution >= 0.6 is 23.2 Å². The maximum atomic E-state index is 12.8. The molecule has 1 aromatic heterocycles. The fourth-order valence-corrected chi connectivity index (χ4v) is 6.73. The molecule has 1 aromatic carbocycles. The molecular weight excluding hydrogens is 459 g/mol. The first-order valence-corrected chi connectivity index (χ1v) is 12.5. The number of carbonyl (C=O) groups is 1. The van der Waals surface area contributed by atoms with Gasteiger partial charge in [0.2, 0.25) is 5.91 Å². The molecule has 5 atom stereocenters. The average Bonchev–Trinajstić information content (AvgIpc) is 3.15. The van der Waals surface area contributed by atoms with Gasteiger partial charge in [-0.05, 0) is 72.1 Å². The van der Waals surface area contributed by atoms with Gasteiger partial charge in [0, 0.05) is 11.1 Å². The zero-order valence-corrected chi connectivity index (χ0v) is 20.7. The SMILES string of the molecule is C[C@H]1[C@H](Nc2cnn(CC(=O)NC3CCc4cc(Cl)ccc43)c(=O)c2Cl)C[C@H]2C[C@@H]1C2(C)C. The van der Waals surface area contributed by atoms with Gasteiger partial charge in [0.15, 0.2) is 0 Å². The quantitative estimate of drug-likeness (QED) is 0.631. The molecule has 0 spiro atoms. The Balaban J connectivity index is 1.24. The minimum Gasteiger partial charge on any atom is -0.379 e. The Bertz CT molecular complexity index is 1160. The van der Waals surface area contributed by atoms with E-state index in [1.807, 2.05) is 18.2 Å². The predicted octanol–water partition coefficient (Wildman–Crippen LogP) is 4.84. The van der Waals surface area contributed by atoms with Gasteiger partial charge in [-0.25, -0.2) is 4.68 Å². The van der Waals surface area contributed by atoms with Crippen LogP contribution in [0, 0.1) is 23.2 Å². The average molecular weight is 489 g/mol. The van der Waals surface area contributed by atoms with Crippen molar-refractivity contribution in [3.8, 4) is 0 Å². The van der Waals surface area contributed by atoms with E-state index in [1.54, 1.807) is 6.20 Å². The number of amides is 1. The van der Waals surface area contributed by atoms with E-state index in [4.69, 9.17) is 23.2 Å². The van der Waals surface area contributed by atoms with E-state index in [1.165, 1.54) is 6.42 Å². The second kappa shape index (κ2) is 8.31. The molecule has 3 saturated carbocycles. The standard InChI is InChI=1S/C25H30Cl2N4O2/c1-13-18-9-15(25(18,2)3)10-20(13)29-21-11-28-31(24(33)23(21)27)12-22(32)30-19-7-4-14-8-16(26)5-6-17(14)19/h5-6,8,11,13,15,18-20,29H,4,7,9-10,12H2,1-3H3,(H,30,32)/t13-,15-,18+,19?,20-/m1/s1. The maximum absolute atomic E-state index is 12.8. The lowest BCUT2D eigenvalue weighted by Gasteiger charge is -2.62. The fourth-order valence-electron chi connectivity index (χ4n) is 6.33. The largest absolute Gasteiger partial charge is 0.379 e. The first kappa shape index (κ1) is 22.7. The summed E-state index contributed by atoms with van der Waals surface area (Å²) in [5, 5.41) is 11.5. The number of aryl methyl sites for hydroxylation is 1. The van der Waals surface area contributed by atoms with Gasteiger partial charge in [0.25, 0.3) is 5.56 Å². The highest BCUT2D eigenvalue weighted by molar-refractivity contribution is 6.33. The molecule has 1 unspecified atom stereocenters. The van der Waals surface area contributed by atoms with Crippen molar-refractivity contribution in [2.45, 2.75) is 65.1 Å². The minimum absolute atomic E-state index is 0.0830. The first-order valence-electron chi connectivity index (χ1n) is 11.7. The van der Waals surface area contributed by atoms with Gasteiger partial charge in [0.1, 0.15) is 11.6 Å². The molecule has 6 rings (SSSR count). The van der Waals surface area contributed by atoms with Gasteiger partial charge in [-0.15, -0.1) is 0 Å². The number of hydrogen-bond donors (Lipinski definition) is 2. The Morgan fingerprint density at radius 2 is 2.06 bits per heavy atom. The topological polar surface area (TPSA) is 76.0 Å². The molecule has 4 aliphatic rings. The lowest BCUT2D eigenvalue weighted by Crippen LogP contribution is -2.58. The molecular formula is C25H30Cl2N4O2. The molecule has 176 valence electrons. The van der Waals surface area contributed by atoms with Crippen molar-refractivity contribution >= 4 is 34.8 Å². The van der Waals surface area contributed by atoms with Crippen molar-refractivity contribution in [1.29, 1.82) is 0 Å². The summed E-state index contributed by atoms with van der Waals surface area (Å²) in [6.45, 7) is 6.83. The van der Waals surface area contributed by atoms with Crippen LogP contribution in [0.4, 0.5) is 5.69 Å². The smallest absolute Gasteiger partial charge is 0.288 e. The maximum Gasteiger partial charge on any atom is 0.288 e. The first-order chi connectivity index (χ1) is 15.6. The van der Waals surface area contributed by atoms with Crippen LogP contribution in [0.3, 0.4) is 0 Å². The van der Waals surface area contributed by atoms with Crippen LogP contribution in [0.15, 0.2) is 29.2 Å². The fraction of sp³-hybridized carbons (Fsp3) is 0.560. The Morgan fingerprint density at radius 3 is 2.79 bits per heavy atom. The summed E-state index contributed by atoms with van der Waals surface area (Å²) in [4.78, 5) is 25.5. The molecule has 3 fully saturated rings. The Morgan fingerprint density at radius 1 is 1.27 bits per heavy atom. The van der Waals surface area contributed by atoms with E-state index in [9.17, 15) is 9.59 Å². The molecule has 2 bridgehead atoms. The van der Waals surface area contributed by atoms with E-state index in [0.29, 0.717) is 33.9 Å². The molecule has 1 heterocycles. The molecule has 1 amide bonds. The molecule has 0 saturated heterocycles. The number of halogens is 2. The van der Waals surface area contributed by atoms with Gasteiger partial charge >= 0.3 is 0 Å². The molecule has 0 aliphatic heterocycles. The van der Waals surface area contributed by atoms with Crippen LogP contribution in [0.2, 0.25) is 10.0 Å². The summed E-state index contributed by atoms with van der Waals surface area (Å²) in [6, 6.07) is 5.92. The highest BCUT2D eigenvalue weighted by Crippen LogP contribution is 2.61. The summed E-state index contributed by atoms with van der Waals surface area (Å²) in [6.07, 6.45) is 5.60. The number of anilines is 1. The predicted molar refractivity (Wildman–Crippen MR) is 131 cm³/mol. The Labute approximate surface area is 204 Å². The second-order valence-corrected chi connectivity index (χ2v) is 11.4. The van der Waals surface area contributed by atoms with Crippen molar-refractivity contribution in [1.82, 2.24) is 15.1 Å². The molecule has 33 heavy (non-hydrogen) atoms. The third-order valence-corrected chi connectivity index (χ3v) is 9.09. The number of rotatable bonds is 5. The Hall–Kier alpha value is -2.05. The molecule has 2 N–H and O–H groups in total. The van der Waals surface area contributed by atoms with Crippen LogP contribution < -0.4 is 16.2 Å². The summed E-state index contributed by atoms with van der Waals surface area (Å²) in [5.74, 6) is 1.61. The summed E-state index contributed by atoms with van der Waals surface area (Å²) >= 11 is 12.5. The van der Waals surface area contributed by atoms with E-state index >= 15 is 0 Å². The highest BCUT2D eigenvalue weighted by atomic mass is 35.5. The summed E-state index contributed by atoms with van der Waals surface area (Å²) in [7, 11) is 0. The lowest BCUT2D eigenvalue weighted by atomic mass is 9.45. The summed E-state index contributed by atoms with van der Waals surface area (Å²) < 4.78 is 1.13. The van der Waals surface area contributed by atoms with Gasteiger partial charge in [0.05, 0.1) is 17.9 Å². The minimum atomic E-state index is -0.454. The van der Waals surface area contributed by atoms with Crippen LogP contribution in [-0.4, -0.2) is 21.7 Å². The van der Waals surface area contributed by atoms with Gasteiger partial charge in [-0.1, -0.05) is 50.0 Å². The van der Waals surface area contributed by atoms with Crippen LogP contribution in [0.1, 0.15) is 57.2 Å². The number of carbonyl (C=O) groups excluding carboxylic acids is 1. The monoisotopic (exact) mass is 488 g/mol. The normalized spacial score (nSPS) is 29.2. The molecule has 8 heteroatoms. The van der Waals surface area contributed by atoms with E-state index < -0.39 is 5.56 Å². The summed E-state index contributed by atoms with van der Waals surface area (Å²) in [5.41, 5.74) is 2.72. The molecule has 6 nitrogen and oxygen atoms in total. The number of nitrogens with zero attached hydrogens (tertiary/aromatic N) is 2. The zero-order chi connectivity index (χ0) is 23.5. The number of hydrogen-bond acceptors (Lipinski definition) is 4. The van der Waals surface area contributed by atoms with Gasteiger partial charge < -0.3 is 10.6 Å². The third-order valence-electron chi connectivity index (χ3n) is 8.49. The third kappa shape index (κ3) is 3.95. The van der Waals surface area contributed by atoms with E-state index in [-0.39, 0.29) is 29.6 Å². The van der Waals surface area contributed by atoms with Gasteiger partial charge in [-0.3, -0.25) is 9.59 Å². The number of aromatic nitrogens is 2. The van der Waals surface area contributed by atoms with Crippen molar-refractivity contribution in [2.75, 3.05) is 5.32 Å². The molecule has 2 aromatic rings. The van der Waals surface area contributed by atoms with Crippen molar-refractivity contribution in [3.63, 3.8) is 0 Å². The lowest BCUT2D eigenvalue weighted by molar-refractivity contribution is -0.122. The van der Waals surface area contributed by atoms with Crippen LogP contribution in [0.25, 0.3) is 0 Å². The van der Waals surface area contributed by atoms with Gasteiger partial charge in [-0.2, -0.15) is 5.10 Å². The van der Waals surface area contributed by atoms with Crippen molar-refractivity contribution < 1.29 is 4.79 Å². The van der Waals surface area contributed by atoms with E-state index in [2.05, 4.69) is 36.5 Å². The highest BCUT2D eigenvalue weighted by Gasteiger charge is 2.56. The Kier molecular flexibility index (Phi) is 5.73. The number of fused-ring (bicyclic) bond motifs is 3. The zero-order valence-electron chi connectivity index (χ0n) is 19.2. The second-order valence-electron chi connectivity index (χ2n) is 10.5. The van der Waals surface area contributed by atoms with E-state index in [0.717, 1.165) is 35.1 Å².